The number of anilines is 2. The number of aromatic nitrogens is 3. The molecule has 0 radical (unpaired) electrons. The highest BCUT2D eigenvalue weighted by Gasteiger charge is 2.47. The van der Waals surface area contributed by atoms with Crippen LogP contribution in [0, 0.1) is 11.2 Å². The molecule has 3 aromatic rings. The van der Waals surface area contributed by atoms with Gasteiger partial charge in [0.2, 0.25) is 5.88 Å². The summed E-state index contributed by atoms with van der Waals surface area (Å²) in [4.78, 5) is 16.4. The van der Waals surface area contributed by atoms with Crippen LogP contribution in [0.15, 0.2) is 17.7 Å². The van der Waals surface area contributed by atoms with Crippen LogP contribution in [0.3, 0.4) is 0 Å². The van der Waals surface area contributed by atoms with Crippen molar-refractivity contribution >= 4 is 40.2 Å². The highest BCUT2D eigenvalue weighted by Crippen LogP contribution is 2.51. The summed E-state index contributed by atoms with van der Waals surface area (Å²) in [7, 11) is 1.46. The summed E-state index contributed by atoms with van der Waals surface area (Å²) in [5.74, 6) is -0.151. The van der Waals surface area contributed by atoms with Gasteiger partial charge in [-0.25, -0.2) is 9.37 Å². The largest absolute Gasteiger partial charge is 0.480 e. The molecule has 1 saturated carbocycles. The average Bonchev–Trinajstić information content (AvgIpc) is 3.71. The fourth-order valence-electron chi connectivity index (χ4n) is 7.21. The maximum Gasteiger partial charge on any atom is 0.319 e. The first-order valence-corrected chi connectivity index (χ1v) is 17.1. The molecule has 3 aliphatic rings. The molecular weight excluding hydrogens is 637 g/mol. The number of hydrogen-bond donors (Lipinski definition) is 4. The van der Waals surface area contributed by atoms with Gasteiger partial charge in [0.1, 0.15) is 29.0 Å². The quantitative estimate of drug-likeness (QED) is 0.0680. The normalized spacial score (nSPS) is 20.4. The monoisotopic (exact) mass is 681 g/mol. The van der Waals surface area contributed by atoms with Crippen molar-refractivity contribution in [2.75, 3.05) is 57.6 Å². The number of methoxy groups -OCH3 is 1. The molecule has 1 aromatic carbocycles. The molecule has 2 aliphatic heterocycles. The number of rotatable bonds is 14. The van der Waals surface area contributed by atoms with E-state index in [1.54, 1.807) is 19.9 Å². The first-order valence-electron chi connectivity index (χ1n) is 16.7. The van der Waals surface area contributed by atoms with Gasteiger partial charge in [-0.3, -0.25) is 4.90 Å². The van der Waals surface area contributed by atoms with Crippen molar-refractivity contribution in [2.45, 2.75) is 76.4 Å². The molecule has 0 amide bonds. The van der Waals surface area contributed by atoms with Gasteiger partial charge < -0.3 is 35.8 Å². The van der Waals surface area contributed by atoms with Crippen LogP contribution >= 0.6 is 11.6 Å². The number of nitrogens with one attached hydrogen (secondary N) is 2. The molecule has 1 aliphatic carbocycles. The summed E-state index contributed by atoms with van der Waals surface area (Å²) >= 11 is 6.71. The van der Waals surface area contributed by atoms with Gasteiger partial charge in [-0.2, -0.15) is 9.97 Å². The Bertz CT molecular complexity index is 1740. The zero-order valence-corrected chi connectivity index (χ0v) is 28.8. The molecule has 3 fully saturated rings. The molecule has 4 heterocycles. The lowest BCUT2D eigenvalue weighted by Crippen LogP contribution is -2.43. The number of nitrogens with two attached hydrogens (primary N) is 1. The minimum Gasteiger partial charge on any atom is -0.480 e. The standard InChI is InChI=1S/C35H45ClFN7O4/c1-5-47-13-7-11-40-31-27-30(42-33(43-31)48-19-35-10-6-12-44(35)18-20(16-35)15-34(2,3)45)28(37)29(41-32(27)46-4)26-22(17-38)24(39)14-23(36)25(26)21-8-9-21/h14-15,17,21,38,45H,5-13,16,18-19,39H2,1-4H3,(H,40,42,43)/b20-15-,38-17?. The van der Waals surface area contributed by atoms with Crippen LogP contribution in [0.25, 0.3) is 22.2 Å². The number of aliphatic hydroxyl groups is 1. The van der Waals surface area contributed by atoms with E-state index >= 15 is 4.39 Å². The fraction of sp³-hybridized carbons (Fsp3) is 0.543. The lowest BCUT2D eigenvalue weighted by molar-refractivity contribution is 0.108. The van der Waals surface area contributed by atoms with Gasteiger partial charge in [0, 0.05) is 54.4 Å². The molecule has 1 unspecified atom stereocenters. The molecule has 11 nitrogen and oxygen atoms in total. The summed E-state index contributed by atoms with van der Waals surface area (Å²) in [6.45, 7) is 9.15. The van der Waals surface area contributed by atoms with Gasteiger partial charge in [-0.05, 0) is 83.4 Å². The van der Waals surface area contributed by atoms with E-state index < -0.39 is 11.4 Å². The molecule has 0 spiro atoms. The van der Waals surface area contributed by atoms with Crippen molar-refractivity contribution < 1.29 is 23.7 Å². The first kappa shape index (κ1) is 34.3. The third-order valence-electron chi connectivity index (χ3n) is 9.36. The second kappa shape index (κ2) is 13.7. The SMILES string of the molecule is CCOCCCNc1nc(OCC23CCCN2C/C(=C\C(C)(C)O)C3)nc2c(F)c(-c3c(C=N)c(N)cc(Cl)c3C3CC3)nc(OC)c12. The van der Waals surface area contributed by atoms with Crippen molar-refractivity contribution in [1.29, 1.82) is 5.41 Å². The highest BCUT2D eigenvalue weighted by atomic mass is 35.5. The van der Waals surface area contributed by atoms with E-state index in [2.05, 4.69) is 20.2 Å². The number of fused-ring (bicyclic) bond motifs is 2. The maximum absolute atomic E-state index is 17.0. The third-order valence-corrected chi connectivity index (χ3v) is 9.67. The lowest BCUT2D eigenvalue weighted by Gasteiger charge is -2.30. The number of nitrogen functional groups attached to an aromatic ring is 1. The molecule has 258 valence electrons. The molecule has 0 bridgehead atoms. The van der Waals surface area contributed by atoms with E-state index in [-0.39, 0.29) is 45.6 Å². The number of ether oxygens (including phenoxy) is 3. The maximum atomic E-state index is 17.0. The molecule has 1 atom stereocenters. The van der Waals surface area contributed by atoms with Crippen molar-refractivity contribution in [1.82, 2.24) is 19.9 Å². The van der Waals surface area contributed by atoms with Gasteiger partial charge in [0.25, 0.3) is 0 Å². The van der Waals surface area contributed by atoms with Crippen LogP contribution < -0.4 is 20.5 Å². The van der Waals surface area contributed by atoms with E-state index in [0.717, 1.165) is 51.4 Å². The highest BCUT2D eigenvalue weighted by molar-refractivity contribution is 6.32. The molecule has 6 rings (SSSR count). The summed E-state index contributed by atoms with van der Waals surface area (Å²) in [6, 6.07) is 1.64. The number of halogens is 2. The lowest BCUT2D eigenvalue weighted by atomic mass is 9.92. The van der Waals surface area contributed by atoms with E-state index in [0.29, 0.717) is 60.3 Å². The molecule has 5 N–H and O–H groups in total. The third kappa shape index (κ3) is 6.80. The summed E-state index contributed by atoms with van der Waals surface area (Å²) in [5.41, 5.74) is 7.92. The molecule has 13 heteroatoms. The van der Waals surface area contributed by atoms with Crippen LogP contribution in [0.1, 0.15) is 76.3 Å². The van der Waals surface area contributed by atoms with Crippen molar-refractivity contribution in [3.63, 3.8) is 0 Å². The fourth-order valence-corrected chi connectivity index (χ4v) is 7.57. The molecule has 48 heavy (non-hydrogen) atoms. The topological polar surface area (TPSA) is 152 Å². The Hall–Kier alpha value is -3.58. The Morgan fingerprint density at radius 2 is 2.08 bits per heavy atom. The zero-order chi connectivity index (χ0) is 34.2. The summed E-state index contributed by atoms with van der Waals surface area (Å²) < 4.78 is 34.6. The van der Waals surface area contributed by atoms with Crippen LogP contribution in [0.5, 0.6) is 11.9 Å². The molecule has 2 saturated heterocycles. The zero-order valence-electron chi connectivity index (χ0n) is 28.1. The summed E-state index contributed by atoms with van der Waals surface area (Å²) in [6.07, 6.45) is 8.23. The van der Waals surface area contributed by atoms with E-state index in [9.17, 15) is 5.11 Å². The minimum absolute atomic E-state index is 0.0226. The first-order chi connectivity index (χ1) is 23.0. The Labute approximate surface area is 285 Å². The van der Waals surface area contributed by atoms with Crippen molar-refractivity contribution in [2.24, 2.45) is 0 Å². The van der Waals surface area contributed by atoms with Crippen LogP contribution in [0.4, 0.5) is 15.9 Å². The smallest absolute Gasteiger partial charge is 0.319 e. The number of pyridine rings is 1. The Morgan fingerprint density at radius 3 is 2.77 bits per heavy atom. The Kier molecular flexibility index (Phi) is 9.81. The van der Waals surface area contributed by atoms with E-state index in [1.165, 1.54) is 12.7 Å². The average molecular weight is 682 g/mol. The number of benzene rings is 1. The van der Waals surface area contributed by atoms with Gasteiger partial charge >= 0.3 is 6.01 Å². The predicted octanol–water partition coefficient (Wildman–Crippen LogP) is 6.10. The van der Waals surface area contributed by atoms with Crippen molar-refractivity contribution in [3.8, 4) is 23.1 Å². The van der Waals surface area contributed by atoms with Gasteiger partial charge in [-0.1, -0.05) is 23.3 Å². The summed E-state index contributed by atoms with van der Waals surface area (Å²) in [5, 5.41) is 22.6. The minimum atomic E-state index is -0.908. The van der Waals surface area contributed by atoms with Gasteiger partial charge in [0.15, 0.2) is 5.82 Å². The second-order valence-electron chi connectivity index (χ2n) is 13.6. The van der Waals surface area contributed by atoms with Crippen LogP contribution in [-0.2, 0) is 4.74 Å². The second-order valence-corrected chi connectivity index (χ2v) is 14.0. The van der Waals surface area contributed by atoms with Crippen LogP contribution in [0.2, 0.25) is 5.02 Å². The Morgan fingerprint density at radius 1 is 1.29 bits per heavy atom. The van der Waals surface area contributed by atoms with Crippen molar-refractivity contribution in [3.05, 3.63) is 39.7 Å². The van der Waals surface area contributed by atoms with E-state index in [1.807, 2.05) is 13.0 Å². The number of nitrogens with zero attached hydrogens (tertiary/aromatic N) is 4. The Balaban J connectivity index is 1.45. The predicted molar refractivity (Wildman–Crippen MR) is 186 cm³/mol. The molecular formula is C35H45ClFN7O4. The van der Waals surface area contributed by atoms with Crippen LogP contribution in [-0.4, -0.2) is 88.9 Å². The molecule has 2 aromatic heterocycles. The van der Waals surface area contributed by atoms with Gasteiger partial charge in [-0.15, -0.1) is 0 Å². The van der Waals surface area contributed by atoms with E-state index in [4.69, 9.17) is 41.9 Å². The van der Waals surface area contributed by atoms with Gasteiger partial charge in [0.05, 0.1) is 18.2 Å². The number of hydrogen-bond acceptors (Lipinski definition) is 11.